The lowest BCUT2D eigenvalue weighted by Crippen LogP contribution is -3.14. The number of nitrogens with zero attached hydrogens (tertiary/aromatic N) is 3. The van der Waals surface area contributed by atoms with Crippen molar-refractivity contribution in [1.29, 1.82) is 0 Å². The number of para-hydroxylation sites is 1. The normalized spacial score (nSPS) is 22.7. The molecule has 1 aromatic heterocycles. The van der Waals surface area contributed by atoms with Gasteiger partial charge < -0.3 is 19.4 Å². The van der Waals surface area contributed by atoms with Gasteiger partial charge in [-0.3, -0.25) is 4.79 Å². The van der Waals surface area contributed by atoms with Gasteiger partial charge in [-0.25, -0.2) is 9.78 Å². The minimum Gasteiger partial charge on any atom is -0.450 e. The van der Waals surface area contributed by atoms with Gasteiger partial charge in [-0.1, -0.05) is 12.1 Å². The SMILES string of the molecule is CCOC(=O)N1CCN(C(=O)C[NH+]2CCC[C@@H](c3nc4ccccc4s3)C2)CC1. The number of likely N-dealkylation sites (tertiary alicyclic amines) is 1. The van der Waals surface area contributed by atoms with E-state index in [4.69, 9.17) is 9.72 Å². The van der Waals surface area contributed by atoms with Crippen LogP contribution >= 0.6 is 11.3 Å². The Balaban J connectivity index is 1.30. The summed E-state index contributed by atoms with van der Waals surface area (Å²) in [6.07, 6.45) is 2.00. The van der Waals surface area contributed by atoms with Crippen molar-refractivity contribution < 1.29 is 19.2 Å². The van der Waals surface area contributed by atoms with Crippen molar-refractivity contribution in [2.45, 2.75) is 25.7 Å². The van der Waals surface area contributed by atoms with Crippen LogP contribution in [0, 0.1) is 0 Å². The number of carbonyl (C=O) groups excluding carboxylic acids is 2. The number of thiazole rings is 1. The van der Waals surface area contributed by atoms with Gasteiger partial charge in [0, 0.05) is 26.2 Å². The lowest BCUT2D eigenvalue weighted by molar-refractivity contribution is -0.898. The number of hydrogen-bond donors (Lipinski definition) is 1. The van der Waals surface area contributed by atoms with Crippen LogP contribution in [0.4, 0.5) is 4.79 Å². The van der Waals surface area contributed by atoms with E-state index in [0.29, 0.717) is 45.2 Å². The number of piperidine rings is 1. The summed E-state index contributed by atoms with van der Waals surface area (Å²) < 4.78 is 6.29. The van der Waals surface area contributed by atoms with Crippen LogP contribution < -0.4 is 4.90 Å². The molecule has 4 rings (SSSR count). The molecule has 0 aliphatic carbocycles. The summed E-state index contributed by atoms with van der Waals surface area (Å²) in [6, 6.07) is 8.29. The highest BCUT2D eigenvalue weighted by Crippen LogP contribution is 2.30. The van der Waals surface area contributed by atoms with Crippen molar-refractivity contribution in [3.63, 3.8) is 0 Å². The zero-order chi connectivity index (χ0) is 20.2. The standard InChI is InChI=1S/C21H28N4O3S/c1-2-28-21(27)25-12-10-24(11-13-25)19(26)15-23-9-5-6-16(14-23)20-22-17-7-3-4-8-18(17)29-20/h3-4,7-8,16H,2,5-6,9-15H2,1H3/p+1/t16-/m1/s1. The zero-order valence-electron chi connectivity index (χ0n) is 16.9. The number of amides is 2. The summed E-state index contributed by atoms with van der Waals surface area (Å²) in [5.74, 6) is 0.623. The van der Waals surface area contributed by atoms with E-state index in [1.165, 1.54) is 14.6 Å². The molecule has 156 valence electrons. The topological polar surface area (TPSA) is 67.2 Å². The number of rotatable bonds is 4. The first-order chi connectivity index (χ1) is 14.1. The molecule has 1 unspecified atom stereocenters. The molecule has 0 saturated carbocycles. The Morgan fingerprint density at radius 2 is 1.97 bits per heavy atom. The molecule has 2 atom stereocenters. The molecular formula is C21H29N4O3S+. The number of benzene rings is 1. The molecule has 2 aliphatic rings. The predicted octanol–water partition coefficient (Wildman–Crippen LogP) is 1.36. The quantitative estimate of drug-likeness (QED) is 0.816. The van der Waals surface area contributed by atoms with E-state index >= 15 is 0 Å². The number of carbonyl (C=O) groups is 2. The van der Waals surface area contributed by atoms with Crippen LogP contribution in [0.3, 0.4) is 0 Å². The van der Waals surface area contributed by atoms with Crippen LogP contribution in [0.2, 0.25) is 0 Å². The fourth-order valence-electron chi connectivity index (χ4n) is 4.27. The Kier molecular flexibility index (Phi) is 6.30. The Morgan fingerprint density at radius 3 is 2.72 bits per heavy atom. The first-order valence-electron chi connectivity index (χ1n) is 10.5. The van der Waals surface area contributed by atoms with Crippen molar-refractivity contribution in [3.05, 3.63) is 29.3 Å². The zero-order valence-corrected chi connectivity index (χ0v) is 17.7. The third kappa shape index (κ3) is 4.70. The van der Waals surface area contributed by atoms with Gasteiger partial charge >= 0.3 is 6.09 Å². The van der Waals surface area contributed by atoms with E-state index in [9.17, 15) is 9.59 Å². The monoisotopic (exact) mass is 417 g/mol. The number of ether oxygens (including phenoxy) is 1. The summed E-state index contributed by atoms with van der Waals surface area (Å²) in [6.45, 7) is 7.00. The second kappa shape index (κ2) is 9.09. The molecule has 0 spiro atoms. The van der Waals surface area contributed by atoms with Gasteiger partial charge in [-0.05, 0) is 31.9 Å². The molecule has 0 radical (unpaired) electrons. The summed E-state index contributed by atoms with van der Waals surface area (Å²) in [5, 5.41) is 1.21. The van der Waals surface area contributed by atoms with E-state index in [2.05, 4.69) is 18.2 Å². The summed E-state index contributed by atoms with van der Waals surface area (Å²) in [7, 11) is 0. The van der Waals surface area contributed by atoms with Crippen molar-refractivity contribution in [1.82, 2.24) is 14.8 Å². The van der Waals surface area contributed by atoms with Gasteiger partial charge in [0.05, 0.1) is 35.8 Å². The Hall–Kier alpha value is -2.19. The second-order valence-electron chi connectivity index (χ2n) is 7.81. The van der Waals surface area contributed by atoms with E-state index in [1.54, 1.807) is 23.2 Å². The van der Waals surface area contributed by atoms with Gasteiger partial charge in [-0.2, -0.15) is 0 Å². The number of aromatic nitrogens is 1. The number of fused-ring (bicyclic) bond motifs is 1. The number of nitrogens with one attached hydrogen (secondary N) is 1. The van der Waals surface area contributed by atoms with Gasteiger partial charge in [0.25, 0.3) is 5.91 Å². The van der Waals surface area contributed by atoms with Crippen LogP contribution in [0.25, 0.3) is 10.2 Å². The highest BCUT2D eigenvalue weighted by molar-refractivity contribution is 7.18. The Morgan fingerprint density at radius 1 is 1.21 bits per heavy atom. The lowest BCUT2D eigenvalue weighted by Gasteiger charge is -2.35. The summed E-state index contributed by atoms with van der Waals surface area (Å²) in [4.78, 5) is 34.4. The van der Waals surface area contributed by atoms with E-state index in [1.807, 2.05) is 11.0 Å². The summed E-state index contributed by atoms with van der Waals surface area (Å²) in [5.41, 5.74) is 1.08. The molecule has 2 aromatic rings. The van der Waals surface area contributed by atoms with Gasteiger partial charge in [0.2, 0.25) is 0 Å². The fraction of sp³-hybridized carbons (Fsp3) is 0.571. The number of hydrogen-bond acceptors (Lipinski definition) is 5. The fourth-order valence-corrected chi connectivity index (χ4v) is 5.37. The largest absolute Gasteiger partial charge is 0.450 e. The Bertz CT molecular complexity index is 829. The molecule has 2 aliphatic heterocycles. The van der Waals surface area contributed by atoms with Crippen molar-refractivity contribution >= 4 is 33.6 Å². The van der Waals surface area contributed by atoms with Crippen molar-refractivity contribution in [2.75, 3.05) is 52.4 Å². The average Bonchev–Trinajstić information content (AvgIpc) is 3.19. The van der Waals surface area contributed by atoms with Gasteiger partial charge in [0.1, 0.15) is 5.01 Å². The van der Waals surface area contributed by atoms with Gasteiger partial charge in [0.15, 0.2) is 6.54 Å². The van der Waals surface area contributed by atoms with Gasteiger partial charge in [-0.15, -0.1) is 11.3 Å². The molecule has 2 saturated heterocycles. The van der Waals surface area contributed by atoms with E-state index in [-0.39, 0.29) is 12.0 Å². The molecular weight excluding hydrogens is 388 g/mol. The molecule has 7 nitrogen and oxygen atoms in total. The molecule has 2 fully saturated rings. The first kappa shape index (κ1) is 20.1. The number of quaternary nitrogens is 1. The van der Waals surface area contributed by atoms with Crippen LogP contribution in [-0.4, -0.2) is 79.2 Å². The lowest BCUT2D eigenvalue weighted by atomic mass is 9.98. The Labute approximate surface area is 175 Å². The first-order valence-corrected chi connectivity index (χ1v) is 11.3. The predicted molar refractivity (Wildman–Crippen MR) is 112 cm³/mol. The van der Waals surface area contributed by atoms with Crippen molar-refractivity contribution in [2.24, 2.45) is 0 Å². The second-order valence-corrected chi connectivity index (χ2v) is 8.87. The third-order valence-corrected chi connectivity index (χ3v) is 7.04. The van der Waals surface area contributed by atoms with E-state index < -0.39 is 0 Å². The maximum absolute atomic E-state index is 12.8. The highest BCUT2D eigenvalue weighted by Gasteiger charge is 2.31. The van der Waals surface area contributed by atoms with Crippen LogP contribution in [0.5, 0.6) is 0 Å². The molecule has 0 bridgehead atoms. The van der Waals surface area contributed by atoms with Crippen molar-refractivity contribution in [3.8, 4) is 0 Å². The van der Waals surface area contributed by atoms with E-state index in [0.717, 1.165) is 31.4 Å². The average molecular weight is 418 g/mol. The minimum atomic E-state index is -0.278. The summed E-state index contributed by atoms with van der Waals surface area (Å²) >= 11 is 1.79. The number of piperazine rings is 1. The molecule has 1 aromatic carbocycles. The highest BCUT2D eigenvalue weighted by atomic mass is 32.1. The van der Waals surface area contributed by atoms with Crippen LogP contribution in [0.1, 0.15) is 30.7 Å². The molecule has 8 heteroatoms. The maximum Gasteiger partial charge on any atom is 0.409 e. The van der Waals surface area contributed by atoms with Crippen LogP contribution in [-0.2, 0) is 9.53 Å². The molecule has 1 N–H and O–H groups in total. The smallest absolute Gasteiger partial charge is 0.409 e. The minimum absolute atomic E-state index is 0.188. The molecule has 3 heterocycles. The molecule has 2 amide bonds. The third-order valence-electron chi connectivity index (χ3n) is 5.84. The molecule has 29 heavy (non-hydrogen) atoms. The van der Waals surface area contributed by atoms with Crippen LogP contribution in [0.15, 0.2) is 24.3 Å². The maximum atomic E-state index is 12.8.